The van der Waals surface area contributed by atoms with Gasteiger partial charge in [-0.1, -0.05) is 66.5 Å². The number of piperazine rings is 1. The fourth-order valence-corrected chi connectivity index (χ4v) is 8.39. The van der Waals surface area contributed by atoms with Crippen molar-refractivity contribution in [2.45, 2.75) is 65.4 Å². The van der Waals surface area contributed by atoms with Crippen LogP contribution < -0.4 is 21.2 Å². The van der Waals surface area contributed by atoms with Crippen LogP contribution in [-0.2, 0) is 41.8 Å². The van der Waals surface area contributed by atoms with E-state index in [1.54, 1.807) is 69.1 Å². The molecule has 18 nitrogen and oxygen atoms in total. The summed E-state index contributed by atoms with van der Waals surface area (Å²) in [6, 6.07) is 24.8. The van der Waals surface area contributed by atoms with Crippen molar-refractivity contribution in [3.05, 3.63) is 142 Å². The molecule has 3 atom stereocenters. The van der Waals surface area contributed by atoms with Gasteiger partial charge in [-0.25, -0.2) is 34.4 Å². The Bertz CT molecular complexity index is 2970. The molecule has 5 amide bonds. The lowest BCUT2D eigenvalue weighted by Gasteiger charge is -2.39. The number of ether oxygens (including phenoxy) is 1. The first kappa shape index (κ1) is 57.4. The molecule has 0 spiro atoms. The van der Waals surface area contributed by atoms with E-state index < -0.39 is 41.3 Å². The highest BCUT2D eigenvalue weighted by atomic mass is 35.5. The van der Waals surface area contributed by atoms with Crippen LogP contribution in [0.1, 0.15) is 45.7 Å². The third-order valence-corrected chi connectivity index (χ3v) is 13.3. The van der Waals surface area contributed by atoms with Gasteiger partial charge in [0.1, 0.15) is 24.1 Å². The second kappa shape index (κ2) is 26.5. The highest BCUT2D eigenvalue weighted by Crippen LogP contribution is 2.26. The van der Waals surface area contributed by atoms with Crippen LogP contribution in [0.25, 0.3) is 21.5 Å². The normalized spacial score (nSPS) is 14.1. The first-order valence-corrected chi connectivity index (χ1v) is 24.6. The number of aliphatic hydroxyl groups is 1. The highest BCUT2D eigenvalue weighted by molar-refractivity contribution is 6.31. The summed E-state index contributed by atoms with van der Waals surface area (Å²) >= 11 is 12.5. The van der Waals surface area contributed by atoms with Crippen molar-refractivity contribution in [3.8, 4) is 0 Å². The van der Waals surface area contributed by atoms with Crippen LogP contribution in [0.5, 0.6) is 0 Å². The van der Waals surface area contributed by atoms with Gasteiger partial charge in [-0.3, -0.25) is 44.3 Å². The Hall–Kier alpha value is -6.91. The first-order valence-electron chi connectivity index (χ1n) is 23.8. The summed E-state index contributed by atoms with van der Waals surface area (Å²) in [5.41, 5.74) is 6.57. The van der Waals surface area contributed by atoms with Gasteiger partial charge in [-0.2, -0.15) is 5.06 Å². The fraction of sp³-hybridized carbons (Fsp3) is 0.340. The third kappa shape index (κ3) is 16.3. The van der Waals surface area contributed by atoms with Crippen LogP contribution in [0.4, 0.5) is 25.2 Å². The second-order valence-electron chi connectivity index (χ2n) is 18.4. The van der Waals surface area contributed by atoms with Gasteiger partial charge in [-0.05, 0) is 96.4 Å². The maximum absolute atomic E-state index is 13.7. The lowest BCUT2D eigenvalue weighted by atomic mass is 9.86. The molecule has 1 unspecified atom stereocenters. The molecule has 75 heavy (non-hydrogen) atoms. The van der Waals surface area contributed by atoms with Gasteiger partial charge in [0.15, 0.2) is 5.82 Å². The number of anilines is 2. The summed E-state index contributed by atoms with van der Waals surface area (Å²) in [5.74, 6) is -1.60. The second-order valence-corrected chi connectivity index (χ2v) is 19.2. The number of likely N-dealkylation sites (N-methyl/N-ethyl adjacent to an activating group) is 1. The SMILES string of the molecule is CC(=O)N(NCc1ccccc1Cl)[C@H](COC(=O)Nc1cc2cc(F)ccc2cn1)C(C)C(C)(C)O.CC(=O)N(NCc1ccccc1Cl)[C@H](CON(C=O)c1cc2cc(F)ccc2cn1)CN1CCN(C)C(=O)C1. The van der Waals surface area contributed by atoms with Gasteiger partial charge in [0.2, 0.25) is 24.1 Å². The molecule has 2 aromatic heterocycles. The van der Waals surface area contributed by atoms with E-state index in [0.717, 1.165) is 21.6 Å². The van der Waals surface area contributed by atoms with Gasteiger partial charge in [-0.15, -0.1) is 0 Å². The number of carbonyl (C=O) groups is 5. The molecule has 0 aliphatic carbocycles. The molecular weight excluding hydrogens is 1010 g/mol. The summed E-state index contributed by atoms with van der Waals surface area (Å²) in [6.07, 6.45) is 2.68. The quantitative estimate of drug-likeness (QED) is 0.0433. The number of benzene rings is 4. The lowest BCUT2D eigenvalue weighted by molar-refractivity contribution is -0.142. The molecular formula is C53H60Cl2F2N10O8. The van der Waals surface area contributed by atoms with Crippen molar-refractivity contribution in [1.82, 2.24) is 40.6 Å². The number of hydroxylamine groups is 1. The largest absolute Gasteiger partial charge is 0.447 e. The minimum Gasteiger partial charge on any atom is -0.447 e. The maximum Gasteiger partial charge on any atom is 0.412 e. The van der Waals surface area contributed by atoms with Crippen molar-refractivity contribution in [1.29, 1.82) is 0 Å². The number of pyridine rings is 2. The molecule has 4 N–H and O–H groups in total. The van der Waals surface area contributed by atoms with E-state index in [1.165, 1.54) is 66.6 Å². The summed E-state index contributed by atoms with van der Waals surface area (Å²) in [5, 5.41) is 20.5. The summed E-state index contributed by atoms with van der Waals surface area (Å²) < 4.78 is 32.7. The minimum absolute atomic E-state index is 0.0265. The molecule has 4 aromatic carbocycles. The van der Waals surface area contributed by atoms with Crippen molar-refractivity contribution in [3.63, 3.8) is 0 Å². The summed E-state index contributed by atoms with van der Waals surface area (Å²) in [6.45, 7) is 9.66. The van der Waals surface area contributed by atoms with Gasteiger partial charge in [0.25, 0.3) is 0 Å². The van der Waals surface area contributed by atoms with Crippen molar-refractivity contribution in [2.24, 2.45) is 5.92 Å². The molecule has 1 saturated heterocycles. The van der Waals surface area contributed by atoms with Crippen molar-refractivity contribution < 1.29 is 47.4 Å². The number of hydrogen-bond donors (Lipinski definition) is 4. The number of amides is 5. The Kier molecular flexibility index (Phi) is 20.3. The molecule has 0 radical (unpaired) electrons. The van der Waals surface area contributed by atoms with E-state index in [2.05, 4.69) is 26.1 Å². The van der Waals surface area contributed by atoms with E-state index in [-0.39, 0.29) is 62.2 Å². The van der Waals surface area contributed by atoms with E-state index in [4.69, 9.17) is 32.8 Å². The van der Waals surface area contributed by atoms with E-state index in [1.807, 2.05) is 35.2 Å². The molecule has 1 fully saturated rings. The molecule has 7 rings (SSSR count). The van der Waals surface area contributed by atoms with E-state index in [9.17, 15) is 37.9 Å². The average Bonchev–Trinajstić information content (AvgIpc) is 3.36. The number of aromatic nitrogens is 2. The topological polar surface area (TPSA) is 202 Å². The van der Waals surface area contributed by atoms with Crippen LogP contribution in [-0.4, -0.2) is 129 Å². The maximum atomic E-state index is 13.7. The lowest BCUT2D eigenvalue weighted by Crippen LogP contribution is -2.58. The third-order valence-electron chi connectivity index (χ3n) is 12.6. The molecule has 0 bridgehead atoms. The van der Waals surface area contributed by atoms with Crippen LogP contribution in [0.15, 0.2) is 109 Å². The van der Waals surface area contributed by atoms with Crippen LogP contribution in [0.2, 0.25) is 10.0 Å². The zero-order valence-corrected chi connectivity index (χ0v) is 43.8. The number of nitrogens with one attached hydrogen (secondary N) is 3. The minimum atomic E-state index is -1.19. The average molecular weight is 1070 g/mol. The van der Waals surface area contributed by atoms with Gasteiger partial charge < -0.3 is 14.7 Å². The van der Waals surface area contributed by atoms with Crippen LogP contribution >= 0.6 is 23.2 Å². The van der Waals surface area contributed by atoms with E-state index in [0.29, 0.717) is 52.2 Å². The zero-order valence-electron chi connectivity index (χ0n) is 42.3. The molecule has 1 aliphatic heterocycles. The predicted octanol–water partition coefficient (Wildman–Crippen LogP) is 7.52. The van der Waals surface area contributed by atoms with Crippen molar-refractivity contribution >= 4 is 86.6 Å². The zero-order chi connectivity index (χ0) is 54.4. The summed E-state index contributed by atoms with van der Waals surface area (Å²) in [4.78, 5) is 80.0. The molecule has 0 saturated carbocycles. The number of hydrazine groups is 2. The Labute approximate surface area is 443 Å². The van der Waals surface area contributed by atoms with Gasteiger partial charge in [0, 0.05) is 92.7 Å². The number of fused-ring (bicyclic) bond motifs is 2. The van der Waals surface area contributed by atoms with Gasteiger partial charge in [0.05, 0.1) is 30.8 Å². The van der Waals surface area contributed by atoms with Gasteiger partial charge >= 0.3 is 6.09 Å². The monoisotopic (exact) mass is 1070 g/mol. The van der Waals surface area contributed by atoms with Crippen LogP contribution in [0, 0.1) is 17.6 Å². The van der Waals surface area contributed by atoms with Crippen molar-refractivity contribution in [2.75, 3.05) is 56.8 Å². The first-order chi connectivity index (χ1) is 35.7. The van der Waals surface area contributed by atoms with Crippen LogP contribution in [0.3, 0.4) is 0 Å². The molecule has 6 aromatic rings. The summed E-state index contributed by atoms with van der Waals surface area (Å²) in [7, 11) is 1.75. The Morgan fingerprint density at radius 1 is 0.800 bits per heavy atom. The van der Waals surface area contributed by atoms with E-state index >= 15 is 0 Å². The fourth-order valence-electron chi connectivity index (χ4n) is 7.99. The Morgan fingerprint density at radius 3 is 1.91 bits per heavy atom. The molecule has 22 heteroatoms. The number of rotatable bonds is 20. The highest BCUT2D eigenvalue weighted by Gasteiger charge is 2.37. The Morgan fingerprint density at radius 2 is 1.36 bits per heavy atom. The molecule has 1 aliphatic rings. The molecule has 398 valence electrons. The number of hydrogen-bond acceptors (Lipinski definition) is 13. The number of nitrogens with zero attached hydrogens (tertiary/aromatic N) is 7. The smallest absolute Gasteiger partial charge is 0.412 e. The molecule has 3 heterocycles. The standard InChI is InChI=1S/C27H30ClFN6O4.C26H30ClFN4O4/c1-19(37)35(31-14-21-5-3-4-6-25(21)28)24(15-33-10-9-32(2)27(38)16-33)17-39-34(18-36)26-12-22-11-23(29)8-7-20(22)13-30-26;1-16(26(3,4)35)23(32(17(2)33)30-14-19-7-5-6-8-22(19)27)15-36-25(34)31-24-12-20-11-21(28)10-9-18(20)13-29-24/h3-8,11-13,18,24,31H,9-10,14-17H2,1-2H3;5-13,16,23,30,35H,14-15H2,1-4H3,(H,29,31,34)/t24-;16?,23-/m01/s1. The number of carbonyl (C=O) groups excluding carboxylic acids is 5. The Balaban J connectivity index is 0.000000245. The number of halogens is 4. The predicted molar refractivity (Wildman–Crippen MR) is 282 cm³/mol.